The maximum absolute atomic E-state index is 3.62. The Morgan fingerprint density at radius 1 is 1.11 bits per heavy atom. The largest absolute Gasteiger partial charge is 0.315 e. The number of hydrogen-bond donors (Lipinski definition) is 1. The monoisotopic (exact) mass is 267 g/mol. The molecular formula is C16H33N3. The Morgan fingerprint density at radius 3 is 2.53 bits per heavy atom. The van der Waals surface area contributed by atoms with Gasteiger partial charge in [-0.3, -0.25) is 4.90 Å². The highest BCUT2D eigenvalue weighted by molar-refractivity contribution is 4.84. The van der Waals surface area contributed by atoms with Crippen molar-refractivity contribution >= 4 is 0 Å². The third-order valence-corrected chi connectivity index (χ3v) is 5.21. The summed E-state index contributed by atoms with van der Waals surface area (Å²) in [5, 5.41) is 3.62. The quantitative estimate of drug-likeness (QED) is 0.842. The van der Waals surface area contributed by atoms with Gasteiger partial charge in [0, 0.05) is 25.2 Å². The lowest BCUT2D eigenvalue weighted by atomic mass is 9.83. The maximum atomic E-state index is 3.62. The van der Waals surface area contributed by atoms with Crippen LogP contribution in [-0.2, 0) is 0 Å². The molecule has 2 rings (SSSR count). The molecule has 1 aliphatic heterocycles. The fourth-order valence-electron chi connectivity index (χ4n) is 3.96. The zero-order valence-corrected chi connectivity index (χ0v) is 13.2. The smallest absolute Gasteiger partial charge is 0.0220 e. The van der Waals surface area contributed by atoms with Gasteiger partial charge < -0.3 is 10.2 Å². The van der Waals surface area contributed by atoms with Gasteiger partial charge in [0.05, 0.1) is 0 Å². The van der Waals surface area contributed by atoms with E-state index in [1.54, 1.807) is 0 Å². The Labute approximate surface area is 119 Å². The fourth-order valence-corrected chi connectivity index (χ4v) is 3.96. The van der Waals surface area contributed by atoms with Crippen molar-refractivity contribution in [2.45, 2.75) is 57.5 Å². The van der Waals surface area contributed by atoms with Crippen molar-refractivity contribution in [1.82, 2.24) is 15.1 Å². The second-order valence-corrected chi connectivity index (χ2v) is 6.75. The third kappa shape index (κ3) is 4.44. The Kier molecular flexibility index (Phi) is 6.11. The van der Waals surface area contributed by atoms with Crippen molar-refractivity contribution < 1.29 is 0 Å². The molecule has 0 radical (unpaired) electrons. The van der Waals surface area contributed by atoms with Crippen molar-refractivity contribution in [3.8, 4) is 0 Å². The zero-order chi connectivity index (χ0) is 13.7. The maximum Gasteiger partial charge on any atom is 0.0220 e. The van der Waals surface area contributed by atoms with Crippen molar-refractivity contribution in [2.24, 2.45) is 5.92 Å². The summed E-state index contributed by atoms with van der Waals surface area (Å²) < 4.78 is 0. The van der Waals surface area contributed by atoms with Gasteiger partial charge in [0.1, 0.15) is 0 Å². The Balaban J connectivity index is 1.88. The summed E-state index contributed by atoms with van der Waals surface area (Å²) in [5.41, 5.74) is 0. The van der Waals surface area contributed by atoms with E-state index in [0.717, 1.165) is 5.92 Å². The summed E-state index contributed by atoms with van der Waals surface area (Å²) in [5.74, 6) is 0.909. The number of rotatable bonds is 4. The molecule has 0 spiro atoms. The summed E-state index contributed by atoms with van der Waals surface area (Å²) in [6.07, 6.45) is 8.54. The molecule has 112 valence electrons. The Bertz CT molecular complexity index is 250. The fraction of sp³-hybridized carbons (Fsp3) is 1.00. The molecular weight excluding hydrogens is 234 g/mol. The van der Waals surface area contributed by atoms with Crippen LogP contribution in [0.15, 0.2) is 0 Å². The predicted molar refractivity (Wildman–Crippen MR) is 82.6 cm³/mol. The van der Waals surface area contributed by atoms with Gasteiger partial charge in [0.25, 0.3) is 0 Å². The first-order valence-electron chi connectivity index (χ1n) is 8.30. The van der Waals surface area contributed by atoms with Crippen LogP contribution in [0.2, 0.25) is 0 Å². The van der Waals surface area contributed by atoms with E-state index in [-0.39, 0.29) is 0 Å². The van der Waals surface area contributed by atoms with Crippen molar-refractivity contribution in [2.75, 3.05) is 40.3 Å². The Morgan fingerprint density at radius 2 is 1.84 bits per heavy atom. The minimum atomic E-state index is 0.700. The predicted octanol–water partition coefficient (Wildman–Crippen LogP) is 2.18. The van der Waals surface area contributed by atoms with Crippen LogP contribution in [0.1, 0.15) is 45.4 Å². The molecule has 1 saturated carbocycles. The van der Waals surface area contributed by atoms with E-state index in [9.17, 15) is 0 Å². The second-order valence-electron chi connectivity index (χ2n) is 6.75. The molecule has 0 aromatic rings. The van der Waals surface area contributed by atoms with E-state index in [1.165, 1.54) is 64.7 Å². The lowest BCUT2D eigenvalue weighted by molar-refractivity contribution is 0.152. The van der Waals surface area contributed by atoms with Crippen LogP contribution in [0, 0.1) is 5.92 Å². The minimum absolute atomic E-state index is 0.700. The van der Waals surface area contributed by atoms with E-state index in [4.69, 9.17) is 0 Å². The van der Waals surface area contributed by atoms with Crippen LogP contribution in [0.4, 0.5) is 0 Å². The summed E-state index contributed by atoms with van der Waals surface area (Å²) in [6, 6.07) is 1.40. The van der Waals surface area contributed by atoms with Crippen LogP contribution in [-0.4, -0.2) is 62.2 Å². The van der Waals surface area contributed by atoms with Crippen LogP contribution < -0.4 is 5.32 Å². The van der Waals surface area contributed by atoms with Crippen LogP contribution in [0.5, 0.6) is 0 Å². The van der Waals surface area contributed by atoms with Gasteiger partial charge in [-0.25, -0.2) is 0 Å². The van der Waals surface area contributed by atoms with Crippen molar-refractivity contribution in [3.05, 3.63) is 0 Å². The van der Waals surface area contributed by atoms with E-state index < -0.39 is 0 Å². The summed E-state index contributed by atoms with van der Waals surface area (Å²) in [6.45, 7) is 7.40. The van der Waals surface area contributed by atoms with E-state index in [0.29, 0.717) is 12.1 Å². The van der Waals surface area contributed by atoms with Crippen LogP contribution >= 0.6 is 0 Å². The minimum Gasteiger partial charge on any atom is -0.315 e. The molecule has 0 bridgehead atoms. The lowest BCUT2D eigenvalue weighted by Crippen LogP contribution is -2.48. The highest BCUT2D eigenvalue weighted by Crippen LogP contribution is 2.27. The summed E-state index contributed by atoms with van der Waals surface area (Å²) >= 11 is 0. The van der Waals surface area contributed by atoms with Gasteiger partial charge in [-0.05, 0) is 59.3 Å². The first kappa shape index (κ1) is 15.3. The molecule has 19 heavy (non-hydrogen) atoms. The highest BCUT2D eigenvalue weighted by Gasteiger charge is 2.27. The van der Waals surface area contributed by atoms with Gasteiger partial charge in [0.2, 0.25) is 0 Å². The normalized spacial score (nSPS) is 30.2. The molecule has 0 amide bonds. The molecule has 1 N–H and O–H groups in total. The molecule has 3 heteroatoms. The molecule has 2 atom stereocenters. The average Bonchev–Trinajstić information content (AvgIpc) is 2.58. The lowest BCUT2D eigenvalue weighted by Gasteiger charge is -2.36. The number of nitrogens with zero attached hydrogens (tertiary/aromatic N) is 2. The molecule has 0 aromatic heterocycles. The van der Waals surface area contributed by atoms with Gasteiger partial charge >= 0.3 is 0 Å². The van der Waals surface area contributed by atoms with Crippen LogP contribution in [0.3, 0.4) is 0 Å². The number of hydrogen-bond acceptors (Lipinski definition) is 3. The molecule has 2 aliphatic rings. The topological polar surface area (TPSA) is 18.5 Å². The number of nitrogens with one attached hydrogen (secondary N) is 1. The number of likely N-dealkylation sites (N-methyl/N-ethyl adjacent to an activating group) is 2. The molecule has 2 fully saturated rings. The van der Waals surface area contributed by atoms with E-state index in [1.807, 2.05) is 0 Å². The first-order valence-corrected chi connectivity index (χ1v) is 8.30. The average molecular weight is 267 g/mol. The zero-order valence-electron chi connectivity index (χ0n) is 13.2. The molecule has 2 unspecified atom stereocenters. The molecule has 1 heterocycles. The van der Waals surface area contributed by atoms with Gasteiger partial charge in [0.15, 0.2) is 0 Å². The second kappa shape index (κ2) is 7.61. The SMILES string of the molecule is CNC(CN1CCCN(C)CC1C)C1CCCCC1. The standard InChI is InChI=1S/C16H33N3/c1-14-12-18(3)10-7-11-19(14)13-16(17-2)15-8-5-4-6-9-15/h14-17H,4-13H2,1-3H3. The van der Waals surface area contributed by atoms with Crippen molar-refractivity contribution in [3.63, 3.8) is 0 Å². The van der Waals surface area contributed by atoms with Gasteiger partial charge in [-0.2, -0.15) is 0 Å². The van der Waals surface area contributed by atoms with Crippen molar-refractivity contribution in [1.29, 1.82) is 0 Å². The first-order chi connectivity index (χ1) is 9.20. The molecule has 3 nitrogen and oxygen atoms in total. The molecule has 0 aromatic carbocycles. The summed E-state index contributed by atoms with van der Waals surface area (Å²) in [7, 11) is 4.42. The van der Waals surface area contributed by atoms with Crippen LogP contribution in [0.25, 0.3) is 0 Å². The van der Waals surface area contributed by atoms with E-state index in [2.05, 4.69) is 36.1 Å². The molecule has 1 aliphatic carbocycles. The van der Waals surface area contributed by atoms with Gasteiger partial charge in [-0.15, -0.1) is 0 Å². The van der Waals surface area contributed by atoms with E-state index >= 15 is 0 Å². The summed E-state index contributed by atoms with van der Waals surface area (Å²) in [4.78, 5) is 5.21. The third-order valence-electron chi connectivity index (χ3n) is 5.21. The molecule has 1 saturated heterocycles. The highest BCUT2D eigenvalue weighted by atomic mass is 15.2. The van der Waals surface area contributed by atoms with Gasteiger partial charge in [-0.1, -0.05) is 19.3 Å². The Hall–Kier alpha value is -0.120.